The molecule has 1 rings (SSSR count). The molecule has 0 aliphatic rings. The number of guanidine groups is 1. The van der Waals surface area contributed by atoms with Crippen LogP contribution in [0.2, 0.25) is 0 Å². The maximum absolute atomic E-state index is 5.29. The van der Waals surface area contributed by atoms with Gasteiger partial charge in [0.05, 0.1) is 5.71 Å². The molecule has 4 heteroatoms. The second kappa shape index (κ2) is 5.48. The minimum Gasteiger partial charge on any atom is -0.289 e. The molecule has 0 amide bonds. The number of benzene rings is 1. The van der Waals surface area contributed by atoms with Crippen molar-refractivity contribution >= 4 is 11.7 Å². The van der Waals surface area contributed by atoms with E-state index in [0.717, 1.165) is 12.1 Å². The van der Waals surface area contributed by atoms with Crippen LogP contribution in [-0.4, -0.2) is 11.7 Å². The maximum Gasteiger partial charge on any atom is 0.362 e. The molecule has 0 bridgehead atoms. The number of hydrogen-bond donors (Lipinski definition) is 3. The van der Waals surface area contributed by atoms with Gasteiger partial charge in [-0.2, -0.15) is 5.10 Å². The molecule has 5 N–H and O–H groups in total. The molecular formula is C13H21N4+. The van der Waals surface area contributed by atoms with Gasteiger partial charge in [-0.3, -0.25) is 11.5 Å². The van der Waals surface area contributed by atoms with Gasteiger partial charge in [0.25, 0.3) is 0 Å². The summed E-state index contributed by atoms with van der Waals surface area (Å²) in [7, 11) is 0. The fourth-order valence-corrected chi connectivity index (χ4v) is 1.83. The molecule has 0 aliphatic carbocycles. The highest BCUT2D eigenvalue weighted by molar-refractivity contribution is 5.82. The van der Waals surface area contributed by atoms with Gasteiger partial charge in [-0.05, 0) is 24.3 Å². The summed E-state index contributed by atoms with van der Waals surface area (Å²) in [6.45, 7) is 6.34. The molecular weight excluding hydrogens is 212 g/mol. The first kappa shape index (κ1) is 13.2. The van der Waals surface area contributed by atoms with Gasteiger partial charge in [0.1, 0.15) is 0 Å². The van der Waals surface area contributed by atoms with Gasteiger partial charge >= 0.3 is 5.96 Å². The fourth-order valence-electron chi connectivity index (χ4n) is 1.83. The average Bonchev–Trinajstić information content (AvgIpc) is 2.27. The van der Waals surface area contributed by atoms with E-state index in [1.54, 1.807) is 0 Å². The highest BCUT2D eigenvalue weighted by atomic mass is 15.3. The van der Waals surface area contributed by atoms with E-state index in [1.165, 1.54) is 5.56 Å². The quantitative estimate of drug-likeness (QED) is 0.391. The third kappa shape index (κ3) is 4.26. The molecule has 1 aromatic rings. The number of hydrogen-bond acceptors (Lipinski definition) is 1. The van der Waals surface area contributed by atoms with Crippen molar-refractivity contribution in [1.82, 2.24) is 0 Å². The lowest BCUT2D eigenvalue weighted by Gasteiger charge is -2.24. The second-order valence-corrected chi connectivity index (χ2v) is 4.84. The topological polar surface area (TPSA) is 78.4 Å². The Morgan fingerprint density at radius 3 is 2.35 bits per heavy atom. The monoisotopic (exact) mass is 233 g/mol. The zero-order valence-corrected chi connectivity index (χ0v) is 10.7. The van der Waals surface area contributed by atoms with Crippen molar-refractivity contribution < 1.29 is 5.10 Å². The molecule has 0 heterocycles. The first-order valence-electron chi connectivity index (χ1n) is 5.64. The zero-order chi connectivity index (χ0) is 12.9. The van der Waals surface area contributed by atoms with Crippen LogP contribution in [0.15, 0.2) is 35.4 Å². The summed E-state index contributed by atoms with van der Waals surface area (Å²) in [5.74, 6) is 0.113. The van der Waals surface area contributed by atoms with Crippen LogP contribution in [0.4, 0.5) is 0 Å². The Bertz CT molecular complexity index is 414. The third-order valence-electron chi connectivity index (χ3n) is 2.63. The van der Waals surface area contributed by atoms with Crippen LogP contribution < -0.4 is 16.6 Å². The van der Waals surface area contributed by atoms with E-state index in [0.29, 0.717) is 0 Å². The van der Waals surface area contributed by atoms with Gasteiger partial charge in [0.2, 0.25) is 0 Å². The van der Waals surface area contributed by atoms with E-state index >= 15 is 0 Å². The van der Waals surface area contributed by atoms with Gasteiger partial charge in [-0.1, -0.05) is 44.2 Å². The highest BCUT2D eigenvalue weighted by Crippen LogP contribution is 2.26. The Morgan fingerprint density at radius 1 is 1.24 bits per heavy atom. The fraction of sp³-hybridized carbons (Fsp3) is 0.385. The van der Waals surface area contributed by atoms with E-state index in [-0.39, 0.29) is 11.4 Å². The smallest absolute Gasteiger partial charge is 0.289 e. The molecule has 4 nitrogen and oxygen atoms in total. The number of rotatable bonds is 4. The van der Waals surface area contributed by atoms with Gasteiger partial charge < -0.3 is 0 Å². The zero-order valence-electron chi connectivity index (χ0n) is 10.7. The maximum atomic E-state index is 5.29. The molecule has 17 heavy (non-hydrogen) atoms. The number of nitrogens with two attached hydrogens (primary N) is 2. The third-order valence-corrected chi connectivity index (χ3v) is 2.63. The second-order valence-electron chi connectivity index (χ2n) is 4.84. The van der Waals surface area contributed by atoms with Crippen molar-refractivity contribution in [1.29, 1.82) is 0 Å². The molecule has 0 fully saturated rings. The molecule has 0 spiro atoms. The first-order valence-corrected chi connectivity index (χ1v) is 5.64. The summed E-state index contributed by atoms with van der Waals surface area (Å²) in [6, 6.07) is 10.4. The highest BCUT2D eigenvalue weighted by Gasteiger charge is 2.21. The van der Waals surface area contributed by atoms with Crippen LogP contribution in [-0.2, 0) is 5.41 Å². The van der Waals surface area contributed by atoms with Gasteiger partial charge in [-0.25, -0.2) is 0 Å². The summed E-state index contributed by atoms with van der Waals surface area (Å²) >= 11 is 0. The predicted octanol–water partition coefficient (Wildman–Crippen LogP) is 0.0842. The van der Waals surface area contributed by atoms with E-state index in [1.807, 2.05) is 25.1 Å². The largest absolute Gasteiger partial charge is 0.362 e. The van der Waals surface area contributed by atoms with Crippen molar-refractivity contribution in [3.8, 4) is 0 Å². The Hall–Kier alpha value is -1.84. The first-order chi connectivity index (χ1) is 7.92. The average molecular weight is 233 g/mol. The van der Waals surface area contributed by atoms with E-state index < -0.39 is 0 Å². The molecule has 0 aromatic heterocycles. The van der Waals surface area contributed by atoms with Crippen molar-refractivity contribution in [2.45, 2.75) is 32.6 Å². The molecule has 0 aliphatic heterocycles. The minimum atomic E-state index is 0.0416. The van der Waals surface area contributed by atoms with Gasteiger partial charge in [0.15, 0.2) is 0 Å². The van der Waals surface area contributed by atoms with E-state index in [4.69, 9.17) is 11.5 Å². The van der Waals surface area contributed by atoms with Crippen molar-refractivity contribution in [2.75, 3.05) is 0 Å². The normalized spacial score (nSPS) is 12.3. The van der Waals surface area contributed by atoms with Crippen LogP contribution in [0.5, 0.6) is 0 Å². The lowest BCUT2D eigenvalue weighted by Crippen LogP contribution is -2.72. The summed E-state index contributed by atoms with van der Waals surface area (Å²) in [5, 5.41) is 6.69. The molecule has 0 unspecified atom stereocenters. The molecule has 0 saturated heterocycles. The molecule has 0 atom stereocenters. The molecule has 0 radical (unpaired) electrons. The Morgan fingerprint density at radius 2 is 1.82 bits per heavy atom. The minimum absolute atomic E-state index is 0.0416. The van der Waals surface area contributed by atoms with E-state index in [2.05, 4.69) is 36.2 Å². The van der Waals surface area contributed by atoms with Crippen molar-refractivity contribution in [2.24, 2.45) is 16.6 Å². The Kier molecular flexibility index (Phi) is 4.26. The van der Waals surface area contributed by atoms with Gasteiger partial charge in [0, 0.05) is 0 Å². The number of nitrogens with one attached hydrogen (secondary N) is 1. The van der Waals surface area contributed by atoms with Crippen LogP contribution in [0.3, 0.4) is 0 Å². The summed E-state index contributed by atoms with van der Waals surface area (Å²) in [4.78, 5) is 0. The van der Waals surface area contributed by atoms with Crippen molar-refractivity contribution in [3.63, 3.8) is 0 Å². The van der Waals surface area contributed by atoms with Crippen LogP contribution >= 0.6 is 0 Å². The van der Waals surface area contributed by atoms with E-state index in [9.17, 15) is 0 Å². The summed E-state index contributed by atoms with van der Waals surface area (Å²) < 4.78 is 0. The predicted molar refractivity (Wildman–Crippen MR) is 71.5 cm³/mol. The van der Waals surface area contributed by atoms with Crippen LogP contribution in [0, 0.1) is 0 Å². The van der Waals surface area contributed by atoms with Crippen LogP contribution in [0.1, 0.15) is 32.8 Å². The number of hydrazone groups is 1. The summed E-state index contributed by atoms with van der Waals surface area (Å²) in [5.41, 5.74) is 12.9. The lowest BCUT2D eigenvalue weighted by atomic mass is 9.80. The molecule has 1 aromatic carbocycles. The van der Waals surface area contributed by atoms with Gasteiger partial charge in [-0.15, -0.1) is 5.10 Å². The summed E-state index contributed by atoms with van der Waals surface area (Å²) in [6.07, 6.45) is 0.845. The SMILES string of the molecule is CC(CC(C)(C)c1ccccc1)=N[NH+]=C(N)N. The Balaban J connectivity index is 2.80. The van der Waals surface area contributed by atoms with Crippen molar-refractivity contribution in [3.05, 3.63) is 35.9 Å². The standard InChI is InChI=1S/C13H20N4/c1-10(16-17-12(14)15)9-13(2,3)11-7-5-4-6-8-11/h4-8H,9H2,1-3H3,(H4,14,15,17)/p+1. The van der Waals surface area contributed by atoms with Crippen LogP contribution in [0.25, 0.3) is 0 Å². The Labute approximate surface area is 102 Å². The molecule has 0 saturated carbocycles. The number of nitrogens with zero attached hydrogens (tertiary/aromatic N) is 1. The molecule has 92 valence electrons. The lowest BCUT2D eigenvalue weighted by molar-refractivity contribution is -0.464.